The van der Waals surface area contributed by atoms with Gasteiger partial charge in [-0.3, -0.25) is 0 Å². The maximum absolute atomic E-state index is 6.43. The second-order valence-corrected chi connectivity index (χ2v) is 16.8. The molecule has 1 unspecified atom stereocenters. The standard InChI is InChI=1S/C61H43NO/c1-2-13-51-44(11-1)12-9-17-52(51)47-32-28-45(29-33-47)50(46-30-34-48(35-31-46)53-18-10-19-57-56-16-5-8-22-60(56)63-61(53)57)40-25-41-23-26-42(27-24-41)43-36-38-49(39-37-43)62-58-20-6-3-14-54(58)55-15-4-7-21-59(55)62/h1-24,26-39,50H,25,40H2. The van der Waals surface area contributed by atoms with Crippen molar-refractivity contribution in [1.29, 1.82) is 0 Å². The fraction of sp³-hybridized carbons (Fsp3) is 0.0492. The van der Waals surface area contributed by atoms with E-state index in [0.717, 1.165) is 45.9 Å². The van der Waals surface area contributed by atoms with Gasteiger partial charge in [-0.15, -0.1) is 0 Å². The summed E-state index contributed by atoms with van der Waals surface area (Å²) >= 11 is 0. The van der Waals surface area contributed by atoms with Gasteiger partial charge in [-0.25, -0.2) is 0 Å². The van der Waals surface area contributed by atoms with Crippen molar-refractivity contribution in [1.82, 2.24) is 4.57 Å². The van der Waals surface area contributed by atoms with Gasteiger partial charge >= 0.3 is 0 Å². The molecule has 0 radical (unpaired) electrons. The molecule has 0 saturated heterocycles. The predicted molar refractivity (Wildman–Crippen MR) is 265 cm³/mol. The van der Waals surface area contributed by atoms with E-state index in [1.807, 2.05) is 6.07 Å². The summed E-state index contributed by atoms with van der Waals surface area (Å²) in [5.74, 6) is 0.218. The van der Waals surface area contributed by atoms with Crippen molar-refractivity contribution >= 4 is 54.5 Å². The summed E-state index contributed by atoms with van der Waals surface area (Å²) in [7, 11) is 0. The summed E-state index contributed by atoms with van der Waals surface area (Å²) in [6.07, 6.45) is 1.95. The highest BCUT2D eigenvalue weighted by Crippen LogP contribution is 2.39. The minimum absolute atomic E-state index is 0.218. The summed E-state index contributed by atoms with van der Waals surface area (Å²) < 4.78 is 8.81. The van der Waals surface area contributed by atoms with Crippen LogP contribution in [0.5, 0.6) is 0 Å². The molecule has 0 aliphatic carbocycles. The second kappa shape index (κ2) is 15.5. The summed E-state index contributed by atoms with van der Waals surface area (Å²) in [4.78, 5) is 0. The predicted octanol–water partition coefficient (Wildman–Crippen LogP) is 16.6. The number of nitrogens with zero attached hydrogens (tertiary/aromatic N) is 1. The molecule has 2 aromatic heterocycles. The van der Waals surface area contributed by atoms with Crippen LogP contribution in [0.4, 0.5) is 0 Å². The van der Waals surface area contributed by atoms with E-state index < -0.39 is 0 Å². The Labute approximate surface area is 366 Å². The van der Waals surface area contributed by atoms with Crippen molar-refractivity contribution in [3.63, 3.8) is 0 Å². The van der Waals surface area contributed by atoms with E-state index in [1.165, 1.54) is 77.2 Å². The lowest BCUT2D eigenvalue weighted by atomic mass is 9.84. The number of hydrogen-bond acceptors (Lipinski definition) is 1. The van der Waals surface area contributed by atoms with Gasteiger partial charge in [0.15, 0.2) is 0 Å². The Balaban J connectivity index is 0.835. The summed E-state index contributed by atoms with van der Waals surface area (Å²) in [5, 5.41) is 7.40. The van der Waals surface area contributed by atoms with Crippen LogP contribution < -0.4 is 0 Å². The Morgan fingerprint density at radius 1 is 0.365 bits per heavy atom. The van der Waals surface area contributed by atoms with Crippen LogP contribution in [-0.2, 0) is 6.42 Å². The third-order valence-electron chi connectivity index (χ3n) is 13.2. The summed E-state index contributed by atoms with van der Waals surface area (Å²) in [6.45, 7) is 0. The molecule has 0 aliphatic heterocycles. The molecule has 2 heteroatoms. The van der Waals surface area contributed by atoms with Gasteiger partial charge in [0.25, 0.3) is 0 Å². The van der Waals surface area contributed by atoms with Gasteiger partial charge in [-0.05, 0) is 98.5 Å². The minimum atomic E-state index is 0.218. The average molecular weight is 806 g/mol. The molecule has 298 valence electrons. The van der Waals surface area contributed by atoms with Gasteiger partial charge < -0.3 is 8.98 Å². The van der Waals surface area contributed by atoms with Crippen molar-refractivity contribution in [3.8, 4) is 39.1 Å². The number of hydrogen-bond donors (Lipinski definition) is 0. The average Bonchev–Trinajstić information content (AvgIpc) is 3.91. The van der Waals surface area contributed by atoms with Crippen molar-refractivity contribution in [3.05, 3.63) is 247 Å². The smallest absolute Gasteiger partial charge is 0.143 e. The van der Waals surface area contributed by atoms with E-state index in [4.69, 9.17) is 4.42 Å². The molecule has 0 N–H and O–H groups in total. The lowest BCUT2D eigenvalue weighted by Gasteiger charge is -2.20. The number of benzene rings is 10. The Kier molecular flexibility index (Phi) is 9.08. The highest BCUT2D eigenvalue weighted by Gasteiger charge is 2.18. The largest absolute Gasteiger partial charge is 0.455 e. The third-order valence-corrected chi connectivity index (χ3v) is 13.2. The monoisotopic (exact) mass is 805 g/mol. The van der Waals surface area contributed by atoms with Crippen LogP contribution in [-0.4, -0.2) is 4.57 Å². The zero-order valence-electron chi connectivity index (χ0n) is 34.8. The zero-order valence-corrected chi connectivity index (χ0v) is 34.8. The van der Waals surface area contributed by atoms with Crippen LogP contribution in [0.25, 0.3) is 93.6 Å². The van der Waals surface area contributed by atoms with Crippen LogP contribution in [0.15, 0.2) is 235 Å². The summed E-state index contributed by atoms with van der Waals surface area (Å²) in [5.41, 5.74) is 16.7. The highest BCUT2D eigenvalue weighted by atomic mass is 16.3. The van der Waals surface area contributed by atoms with E-state index in [-0.39, 0.29) is 5.92 Å². The molecule has 2 heterocycles. The Bertz CT molecular complexity index is 3530. The highest BCUT2D eigenvalue weighted by molar-refractivity contribution is 6.10. The molecule has 0 aliphatic rings. The van der Waals surface area contributed by atoms with Crippen LogP contribution in [0.3, 0.4) is 0 Å². The molecule has 0 amide bonds. The molecule has 0 fully saturated rings. The van der Waals surface area contributed by atoms with E-state index in [9.17, 15) is 0 Å². The van der Waals surface area contributed by atoms with Gasteiger partial charge in [0, 0.05) is 38.7 Å². The van der Waals surface area contributed by atoms with Crippen molar-refractivity contribution in [2.45, 2.75) is 18.8 Å². The molecule has 0 bridgehead atoms. The van der Waals surface area contributed by atoms with Gasteiger partial charge in [0.1, 0.15) is 11.2 Å². The lowest BCUT2D eigenvalue weighted by Crippen LogP contribution is -2.03. The first-order valence-corrected chi connectivity index (χ1v) is 22.0. The molecule has 2 nitrogen and oxygen atoms in total. The SMILES string of the molecule is c1ccc2c(-c3ccc(C(CCc4ccc(-c5ccc(-n6c7ccccc7c7ccccc76)cc5)cc4)c4ccc(-c5cccc6c5oc5ccccc56)cc4)cc3)cccc2c1. The fourth-order valence-electron chi connectivity index (χ4n) is 9.95. The van der Waals surface area contributed by atoms with E-state index in [0.29, 0.717) is 0 Å². The number of aryl methyl sites for hydroxylation is 1. The number of para-hydroxylation sites is 4. The molecule has 1 atom stereocenters. The first-order valence-electron chi connectivity index (χ1n) is 22.0. The Morgan fingerprint density at radius 2 is 0.857 bits per heavy atom. The van der Waals surface area contributed by atoms with Crippen LogP contribution >= 0.6 is 0 Å². The molecule has 0 saturated carbocycles. The van der Waals surface area contributed by atoms with E-state index in [2.05, 4.69) is 229 Å². The maximum atomic E-state index is 6.43. The van der Waals surface area contributed by atoms with E-state index in [1.54, 1.807) is 0 Å². The van der Waals surface area contributed by atoms with Crippen molar-refractivity contribution in [2.24, 2.45) is 0 Å². The van der Waals surface area contributed by atoms with Gasteiger partial charge in [-0.1, -0.05) is 200 Å². The van der Waals surface area contributed by atoms with E-state index >= 15 is 0 Å². The molecule has 12 aromatic rings. The van der Waals surface area contributed by atoms with Gasteiger partial charge in [-0.2, -0.15) is 0 Å². The number of aromatic nitrogens is 1. The molecule has 63 heavy (non-hydrogen) atoms. The number of furan rings is 1. The van der Waals surface area contributed by atoms with Crippen LogP contribution in [0.1, 0.15) is 29.0 Å². The van der Waals surface area contributed by atoms with Crippen LogP contribution in [0, 0.1) is 0 Å². The first kappa shape index (κ1) is 36.9. The third kappa shape index (κ3) is 6.59. The first-order chi connectivity index (χ1) is 31.2. The van der Waals surface area contributed by atoms with Gasteiger partial charge in [0.05, 0.1) is 11.0 Å². The van der Waals surface area contributed by atoms with Crippen molar-refractivity contribution in [2.75, 3.05) is 0 Å². The Hall–Kier alpha value is -7.94. The summed E-state index contributed by atoms with van der Waals surface area (Å²) in [6, 6.07) is 84.1. The minimum Gasteiger partial charge on any atom is -0.455 e. The molecule has 0 spiro atoms. The molecule has 10 aromatic carbocycles. The quantitative estimate of drug-likeness (QED) is 0.142. The molecular weight excluding hydrogens is 763 g/mol. The topological polar surface area (TPSA) is 18.1 Å². The zero-order chi connectivity index (χ0) is 41.7. The van der Waals surface area contributed by atoms with Crippen molar-refractivity contribution < 1.29 is 4.42 Å². The molecule has 12 rings (SSSR count). The van der Waals surface area contributed by atoms with Gasteiger partial charge in [0.2, 0.25) is 0 Å². The van der Waals surface area contributed by atoms with Crippen LogP contribution in [0.2, 0.25) is 0 Å². The fourth-order valence-corrected chi connectivity index (χ4v) is 9.95. The lowest BCUT2D eigenvalue weighted by molar-refractivity contribution is 0.670. The number of rotatable bonds is 9. The number of fused-ring (bicyclic) bond motifs is 7. The Morgan fingerprint density at radius 3 is 1.54 bits per heavy atom. The molecular formula is C61H43NO. The second-order valence-electron chi connectivity index (χ2n) is 16.8. The maximum Gasteiger partial charge on any atom is 0.143 e. The normalized spacial score (nSPS) is 12.2.